The number of hydrogen-bond acceptors (Lipinski definition) is 5. The van der Waals surface area contributed by atoms with Crippen molar-refractivity contribution in [3.05, 3.63) is 118 Å². The predicted molar refractivity (Wildman–Crippen MR) is 147 cm³/mol. The molecule has 0 aliphatic heterocycles. The van der Waals surface area contributed by atoms with E-state index in [2.05, 4.69) is 0 Å². The normalized spacial score (nSPS) is 11.7. The molecule has 4 aromatic rings. The summed E-state index contributed by atoms with van der Waals surface area (Å²) in [5.41, 5.74) is 1.34. The first-order valence-corrected chi connectivity index (χ1v) is 12.3. The van der Waals surface area contributed by atoms with Crippen molar-refractivity contribution in [3.8, 4) is 23.0 Å². The van der Waals surface area contributed by atoms with Crippen molar-refractivity contribution in [2.45, 2.75) is 38.5 Å². The van der Waals surface area contributed by atoms with E-state index in [1.165, 1.54) is 18.2 Å². The molecule has 0 saturated carbocycles. The van der Waals surface area contributed by atoms with Crippen LogP contribution in [0, 0.1) is 0 Å². The third-order valence-corrected chi connectivity index (χ3v) is 7.25. The largest absolute Gasteiger partial charge is 0.507 e. The molecule has 0 aliphatic rings. The topological polar surface area (TPSA) is 124 Å². The van der Waals surface area contributed by atoms with Crippen molar-refractivity contribution >= 4 is 11.9 Å². The summed E-state index contributed by atoms with van der Waals surface area (Å²) in [5.74, 6) is -2.95. The second kappa shape index (κ2) is 10.2. The molecule has 4 aromatic carbocycles. The average Bonchev–Trinajstić information content (AvgIpc) is 2.90. The van der Waals surface area contributed by atoms with Gasteiger partial charge in [-0.15, -0.1) is 0 Å². The zero-order valence-electron chi connectivity index (χ0n) is 22.1. The van der Waals surface area contributed by atoms with Crippen LogP contribution in [0.2, 0.25) is 0 Å². The Labute approximate surface area is 226 Å². The summed E-state index contributed by atoms with van der Waals surface area (Å²) < 4.78 is 6.08. The van der Waals surface area contributed by atoms with Gasteiger partial charge in [0.15, 0.2) is 11.5 Å². The van der Waals surface area contributed by atoms with Crippen LogP contribution in [0.4, 0.5) is 0 Å². The highest BCUT2D eigenvalue weighted by molar-refractivity contribution is 5.92. The zero-order chi connectivity index (χ0) is 28.5. The molecule has 200 valence electrons. The van der Waals surface area contributed by atoms with Gasteiger partial charge in [0, 0.05) is 10.8 Å². The fourth-order valence-corrected chi connectivity index (χ4v) is 4.57. The lowest BCUT2D eigenvalue weighted by Gasteiger charge is -2.28. The number of carboxylic acids is 2. The molecule has 7 heteroatoms. The van der Waals surface area contributed by atoms with E-state index >= 15 is 0 Å². The fraction of sp³-hybridized carbons (Fsp3) is 0.188. The molecule has 0 fully saturated rings. The highest BCUT2D eigenvalue weighted by Crippen LogP contribution is 2.42. The Kier molecular flexibility index (Phi) is 7.11. The Hall–Kier alpha value is -4.78. The van der Waals surface area contributed by atoms with Crippen molar-refractivity contribution in [2.75, 3.05) is 0 Å². The van der Waals surface area contributed by atoms with E-state index in [0.717, 1.165) is 11.1 Å². The van der Waals surface area contributed by atoms with Gasteiger partial charge in [-0.2, -0.15) is 0 Å². The second-order valence-corrected chi connectivity index (χ2v) is 10.5. The zero-order valence-corrected chi connectivity index (χ0v) is 22.1. The molecule has 0 aliphatic carbocycles. The van der Waals surface area contributed by atoms with Crippen molar-refractivity contribution in [1.82, 2.24) is 0 Å². The Morgan fingerprint density at radius 1 is 0.615 bits per heavy atom. The molecule has 0 saturated heterocycles. The molecule has 0 bridgehead atoms. The summed E-state index contributed by atoms with van der Waals surface area (Å²) in [4.78, 5) is 23.6. The smallest absolute Gasteiger partial charge is 0.339 e. The van der Waals surface area contributed by atoms with E-state index in [1.807, 2.05) is 64.1 Å². The Balaban J connectivity index is 1.76. The number of ether oxygens (including phenoxy) is 1. The maximum absolute atomic E-state index is 12.0. The summed E-state index contributed by atoms with van der Waals surface area (Å²) in [5, 5.41) is 40.0. The van der Waals surface area contributed by atoms with Crippen molar-refractivity contribution in [2.24, 2.45) is 0 Å². The van der Waals surface area contributed by atoms with E-state index in [4.69, 9.17) is 4.74 Å². The van der Waals surface area contributed by atoms with Crippen LogP contribution in [0.25, 0.3) is 0 Å². The minimum Gasteiger partial charge on any atom is -0.507 e. The summed E-state index contributed by atoms with van der Waals surface area (Å²) in [7, 11) is 0. The number of hydrogen-bond donors (Lipinski definition) is 4. The van der Waals surface area contributed by atoms with Gasteiger partial charge < -0.3 is 25.2 Å². The summed E-state index contributed by atoms with van der Waals surface area (Å²) >= 11 is 0. The number of carbonyl (C=O) groups is 2. The van der Waals surface area contributed by atoms with E-state index in [0.29, 0.717) is 16.9 Å². The maximum atomic E-state index is 12.0. The Morgan fingerprint density at radius 2 is 1.18 bits per heavy atom. The molecule has 0 amide bonds. The van der Waals surface area contributed by atoms with Crippen molar-refractivity contribution < 1.29 is 34.8 Å². The molecule has 0 atom stereocenters. The van der Waals surface area contributed by atoms with Crippen LogP contribution >= 0.6 is 0 Å². The number of aromatic carboxylic acids is 2. The van der Waals surface area contributed by atoms with Gasteiger partial charge in [-0.05, 0) is 58.7 Å². The number of benzene rings is 4. The van der Waals surface area contributed by atoms with Crippen molar-refractivity contribution in [1.29, 1.82) is 0 Å². The van der Waals surface area contributed by atoms with Gasteiger partial charge in [-0.3, -0.25) is 0 Å². The molecule has 0 heterocycles. The lowest BCUT2D eigenvalue weighted by molar-refractivity contribution is 0.0682. The molecule has 4 rings (SSSR count). The van der Waals surface area contributed by atoms with Gasteiger partial charge in [0.25, 0.3) is 0 Å². The molecule has 39 heavy (non-hydrogen) atoms. The number of phenols is 2. The first kappa shape index (κ1) is 27.3. The lowest BCUT2D eigenvalue weighted by Crippen LogP contribution is -2.20. The highest BCUT2D eigenvalue weighted by Gasteiger charge is 2.29. The standard InChI is InChI=1S/C32H30O7/c1-31(2,19-9-6-5-7-10-19)22-17-25(30(37)38)28(34)27(18-22)39-23-12-8-11-20(15-23)32(3,4)21-13-14-26(33)24(16-21)29(35)36/h5-18,33-34H,1-4H3,(H,35,36)(H,37,38). The fourth-order valence-electron chi connectivity index (χ4n) is 4.57. The van der Waals surface area contributed by atoms with E-state index in [-0.39, 0.29) is 22.6 Å². The summed E-state index contributed by atoms with van der Waals surface area (Å²) in [6, 6.07) is 24.3. The molecule has 4 N–H and O–H groups in total. The van der Waals surface area contributed by atoms with Crippen LogP contribution in [0.5, 0.6) is 23.0 Å². The number of aromatic hydroxyl groups is 2. The predicted octanol–water partition coefficient (Wildman–Crippen LogP) is 6.94. The third-order valence-electron chi connectivity index (χ3n) is 7.25. The first-order valence-electron chi connectivity index (χ1n) is 12.3. The minimum atomic E-state index is -1.28. The van der Waals surface area contributed by atoms with Crippen LogP contribution in [-0.4, -0.2) is 32.4 Å². The number of carboxylic acid groups (broad SMARTS) is 2. The monoisotopic (exact) mass is 526 g/mol. The average molecular weight is 527 g/mol. The number of rotatable bonds is 8. The van der Waals surface area contributed by atoms with Gasteiger partial charge in [-0.25, -0.2) is 9.59 Å². The van der Waals surface area contributed by atoms with Crippen LogP contribution in [0.1, 0.15) is 70.7 Å². The molecule has 0 spiro atoms. The van der Waals surface area contributed by atoms with Gasteiger partial charge in [0.05, 0.1) is 0 Å². The molecule has 7 nitrogen and oxygen atoms in total. The molecular formula is C32H30O7. The molecule has 0 unspecified atom stereocenters. The van der Waals surface area contributed by atoms with E-state index in [1.54, 1.807) is 30.3 Å². The summed E-state index contributed by atoms with van der Waals surface area (Å²) in [6.07, 6.45) is 0. The maximum Gasteiger partial charge on any atom is 0.339 e. The van der Waals surface area contributed by atoms with Crippen LogP contribution in [0.15, 0.2) is 84.9 Å². The van der Waals surface area contributed by atoms with Crippen LogP contribution in [0.3, 0.4) is 0 Å². The highest BCUT2D eigenvalue weighted by atomic mass is 16.5. The molecule has 0 radical (unpaired) electrons. The van der Waals surface area contributed by atoms with Gasteiger partial charge in [0.1, 0.15) is 22.6 Å². The minimum absolute atomic E-state index is 0.00154. The molecular weight excluding hydrogens is 496 g/mol. The Morgan fingerprint density at radius 3 is 1.82 bits per heavy atom. The lowest BCUT2D eigenvalue weighted by atomic mass is 9.77. The summed E-state index contributed by atoms with van der Waals surface area (Å²) in [6.45, 7) is 7.76. The van der Waals surface area contributed by atoms with E-state index in [9.17, 15) is 30.0 Å². The molecule has 0 aromatic heterocycles. The van der Waals surface area contributed by atoms with Crippen LogP contribution < -0.4 is 4.74 Å². The third kappa shape index (κ3) is 5.29. The van der Waals surface area contributed by atoms with Gasteiger partial charge in [-0.1, -0.05) is 76.2 Å². The van der Waals surface area contributed by atoms with Gasteiger partial charge >= 0.3 is 11.9 Å². The van der Waals surface area contributed by atoms with Crippen LogP contribution in [-0.2, 0) is 10.8 Å². The van der Waals surface area contributed by atoms with Crippen molar-refractivity contribution in [3.63, 3.8) is 0 Å². The first-order chi connectivity index (χ1) is 18.3. The SMILES string of the molecule is CC(C)(c1cccc(Oc2cc(C(C)(C)c3ccccc3)cc(C(=O)O)c2O)c1)c1ccc(O)c(C(=O)O)c1. The van der Waals surface area contributed by atoms with E-state index < -0.39 is 28.5 Å². The second-order valence-electron chi connectivity index (χ2n) is 10.5. The van der Waals surface area contributed by atoms with Gasteiger partial charge in [0.2, 0.25) is 0 Å². The Bertz CT molecular complexity index is 1550. The quantitative estimate of drug-likeness (QED) is 0.196.